The minimum Gasteiger partial charge on any atom is -0.256 e. The van der Waals surface area contributed by atoms with Crippen LogP contribution in [0.1, 0.15) is 5.56 Å². The Balaban J connectivity index is 0.000000459. The average molecular weight is 698 g/mol. The van der Waals surface area contributed by atoms with Crippen molar-refractivity contribution >= 4 is 274 Å². The van der Waals surface area contributed by atoms with Gasteiger partial charge in [0.2, 0.25) is 0 Å². The summed E-state index contributed by atoms with van der Waals surface area (Å²) in [7, 11) is 119. The molecular formula is C18H13B37ClFN. The SMILES string of the molecule is Cc1cc(-c2ccc(Cl)cc2)ncc1-c1ccc(F)cc1.[B][B]B(B([B])[B])B(B(B([B])[B])B([B])[B])B(B(B([B])[B])B([B])[B])B(B(B([B])[B])B([B])[B])B(B([B])[B])B([B])[B]. The highest BCUT2D eigenvalue weighted by atomic mass is 35.5. The van der Waals surface area contributed by atoms with Crippen molar-refractivity contribution < 1.29 is 4.39 Å². The predicted octanol–water partition coefficient (Wildman–Crippen LogP) is -8.57. The van der Waals surface area contributed by atoms with E-state index in [4.69, 9.17) is 159 Å². The van der Waals surface area contributed by atoms with Crippen LogP contribution in [0.4, 0.5) is 4.39 Å². The normalized spacial score (nSPS) is 9.91. The second-order valence-corrected chi connectivity index (χ2v) is 15.3. The molecule has 1 aromatic heterocycles. The molecule has 0 aliphatic carbocycles. The van der Waals surface area contributed by atoms with Crippen LogP contribution in [0.15, 0.2) is 60.8 Å². The van der Waals surface area contributed by atoms with Gasteiger partial charge in [-0.3, -0.25) is 4.98 Å². The van der Waals surface area contributed by atoms with E-state index in [1.54, 1.807) is 12.1 Å². The van der Waals surface area contributed by atoms with Crippen LogP contribution in [-0.2, 0) is 0 Å². The predicted molar refractivity (Wildman–Crippen MR) is 298 cm³/mol. The summed E-state index contributed by atoms with van der Waals surface area (Å²) in [6, 6.07) is 16.1. The van der Waals surface area contributed by atoms with Gasteiger partial charge < -0.3 is 0 Å². The van der Waals surface area contributed by atoms with E-state index in [-0.39, 0.29) is 5.82 Å². The van der Waals surface area contributed by atoms with Crippen LogP contribution in [0, 0.1) is 12.7 Å². The number of halogens is 2. The molecule has 215 valence electrons. The monoisotopic (exact) mass is 704 g/mol. The Hall–Kier alpha value is 0.213. The fraction of sp³-hybridized carbons (Fsp3) is 0.0556. The lowest BCUT2D eigenvalue weighted by Gasteiger charge is -2.53. The van der Waals surface area contributed by atoms with Crippen LogP contribution in [0.2, 0.25) is 5.02 Å². The van der Waals surface area contributed by atoms with Crippen molar-refractivity contribution in [3.8, 4) is 22.4 Å². The molecule has 3 aromatic rings. The van der Waals surface area contributed by atoms with Crippen LogP contribution in [-0.4, -0.2) is 268 Å². The molecule has 1 heterocycles. The third-order valence-electron chi connectivity index (χ3n) is 10.7. The Morgan fingerprint density at radius 2 is 0.828 bits per heavy atom. The van der Waals surface area contributed by atoms with Crippen LogP contribution in [0.5, 0.6) is 0 Å². The van der Waals surface area contributed by atoms with E-state index in [2.05, 4.69) is 4.98 Å². The van der Waals surface area contributed by atoms with Gasteiger partial charge in [-0.05, 0) is 48.4 Å². The standard InChI is InChI=1S/C18H13ClFN.B37/c1-12-10-18(14-2-6-15(19)7-3-14)21-11-17(12)13-4-8-16(20)9-5-13;1-20-30(21(2)3)35(31(22(4)5)23(6)7)37(34(28(16)17)29(18)19)36(32(24(8)9)25(10)11)33(26(12)13)27(14)15/h2-11H,1H3;. The van der Waals surface area contributed by atoms with Gasteiger partial charge in [-0.15, -0.1) is 0 Å². The lowest BCUT2D eigenvalue weighted by molar-refractivity contribution is 0.628. The average Bonchev–Trinajstić information content (AvgIpc) is 3.10. The first kappa shape index (κ1) is 54.3. The van der Waals surface area contributed by atoms with Gasteiger partial charge in [-0.25, -0.2) is 4.39 Å². The van der Waals surface area contributed by atoms with Crippen LogP contribution in [0.3, 0.4) is 0 Å². The molecule has 0 N–H and O–H groups in total. The van der Waals surface area contributed by atoms with Crippen molar-refractivity contribution in [1.82, 2.24) is 4.98 Å². The molecule has 0 amide bonds. The third-order valence-corrected chi connectivity index (χ3v) is 11.0. The molecule has 1 nitrogen and oxygen atoms in total. The molecule has 0 saturated carbocycles. The molecule has 0 bridgehead atoms. The highest BCUT2D eigenvalue weighted by Gasteiger charge is 2.55. The summed E-state index contributed by atoms with van der Waals surface area (Å²) in [6.45, 7) is 2.03. The Morgan fingerprint density at radius 1 is 0.483 bits per heavy atom. The number of pyridine rings is 1. The zero-order chi connectivity index (χ0) is 44.3. The molecule has 0 fully saturated rings. The zero-order valence-electron chi connectivity index (χ0n) is 32.8. The molecule has 2 aromatic carbocycles. The third kappa shape index (κ3) is 14.9. The van der Waals surface area contributed by atoms with Crippen molar-refractivity contribution in [2.75, 3.05) is 0 Å². The first-order chi connectivity index (χ1) is 27.0. The molecule has 39 radical (unpaired) electrons. The molecule has 0 unspecified atom stereocenters. The number of benzene rings is 2. The minimum absolute atomic E-state index is 0.234. The van der Waals surface area contributed by atoms with Crippen molar-refractivity contribution in [2.24, 2.45) is 0 Å². The summed E-state index contributed by atoms with van der Waals surface area (Å²) in [4.78, 5) is 4.50. The van der Waals surface area contributed by atoms with E-state index in [0.717, 1.165) is 27.9 Å². The number of aromatic nitrogens is 1. The van der Waals surface area contributed by atoms with Crippen molar-refractivity contribution in [2.45, 2.75) is 6.92 Å². The van der Waals surface area contributed by atoms with Crippen LogP contribution in [0.25, 0.3) is 22.4 Å². The van der Waals surface area contributed by atoms with E-state index in [1.807, 2.05) is 43.5 Å². The van der Waals surface area contributed by atoms with E-state index >= 15 is 0 Å². The van der Waals surface area contributed by atoms with Crippen LogP contribution >= 0.6 is 11.6 Å². The number of aryl methyl sites for hydroxylation is 1. The lowest BCUT2D eigenvalue weighted by Crippen LogP contribution is -2.91. The van der Waals surface area contributed by atoms with Gasteiger partial charge in [-0.2, -0.15) is 0 Å². The Morgan fingerprint density at radius 3 is 1.16 bits per heavy atom. The summed E-state index contributed by atoms with van der Waals surface area (Å²) in [5, 5.41) is 0.707. The van der Waals surface area contributed by atoms with Gasteiger partial charge in [0, 0.05) is 285 Å². The van der Waals surface area contributed by atoms with E-state index in [9.17, 15) is 4.39 Å². The smallest absolute Gasteiger partial charge is 0.123 e. The second-order valence-electron chi connectivity index (χ2n) is 14.9. The molecule has 0 atom stereocenters. The number of nitrogens with zero attached hydrogens (tertiary/aromatic N) is 1. The maximum atomic E-state index is 13.0. The maximum absolute atomic E-state index is 13.0. The second kappa shape index (κ2) is 25.5. The molecule has 0 spiro atoms. The van der Waals surface area contributed by atoms with Crippen molar-refractivity contribution in [1.29, 1.82) is 0 Å². The zero-order valence-corrected chi connectivity index (χ0v) is 33.6. The summed E-state index contributed by atoms with van der Waals surface area (Å²) in [5.41, 5.74) is 4.99. The van der Waals surface area contributed by atoms with Gasteiger partial charge in [-0.1, -0.05) is 35.9 Å². The van der Waals surface area contributed by atoms with Gasteiger partial charge in [0.15, 0.2) is 0 Å². The van der Waals surface area contributed by atoms with Crippen LogP contribution < -0.4 is 0 Å². The van der Waals surface area contributed by atoms with Gasteiger partial charge in [0.05, 0.1) is 5.69 Å². The molecule has 0 saturated heterocycles. The van der Waals surface area contributed by atoms with E-state index in [1.165, 1.54) is 19.2 Å². The fourth-order valence-corrected chi connectivity index (χ4v) is 8.29. The summed E-state index contributed by atoms with van der Waals surface area (Å²) in [6.07, 6.45) is -16.1. The van der Waals surface area contributed by atoms with Gasteiger partial charge in [0.1, 0.15) is 5.82 Å². The fourth-order valence-electron chi connectivity index (χ4n) is 8.17. The summed E-state index contributed by atoms with van der Waals surface area (Å²) >= 11 is 5.90. The van der Waals surface area contributed by atoms with Gasteiger partial charge >= 0.3 is 0 Å². The Labute approximate surface area is 387 Å². The van der Waals surface area contributed by atoms with Crippen molar-refractivity contribution in [3.63, 3.8) is 0 Å². The minimum atomic E-state index is -1.17. The highest BCUT2D eigenvalue weighted by Crippen LogP contribution is 2.27. The first-order valence-corrected chi connectivity index (χ1v) is 19.0. The molecule has 58 heavy (non-hydrogen) atoms. The van der Waals surface area contributed by atoms with Crippen molar-refractivity contribution in [3.05, 3.63) is 77.2 Å². The van der Waals surface area contributed by atoms with E-state index < -0.39 is 109 Å². The molecule has 0 aliphatic heterocycles. The Bertz CT molecular complexity index is 1580. The number of hydrogen-bond acceptors (Lipinski definition) is 1. The number of hydrogen-bond donors (Lipinski definition) is 0. The molecule has 3 rings (SSSR count). The van der Waals surface area contributed by atoms with Gasteiger partial charge in [0.25, 0.3) is 0 Å². The summed E-state index contributed by atoms with van der Waals surface area (Å²) < 4.78 is 13.0. The van der Waals surface area contributed by atoms with E-state index in [0.29, 0.717) is 5.02 Å². The first-order valence-electron chi connectivity index (χ1n) is 18.6. The number of rotatable bonds is 19. The molecule has 0 aliphatic rings. The Kier molecular flexibility index (Phi) is 23.9. The topological polar surface area (TPSA) is 12.9 Å². The maximum Gasteiger partial charge on any atom is 0.123 e. The summed E-state index contributed by atoms with van der Waals surface area (Å²) in [5.74, 6) is -0.234. The molecule has 40 heteroatoms. The molecular weight excluding hydrogens is 685 g/mol. The highest BCUT2D eigenvalue weighted by molar-refractivity contribution is 8.31. The largest absolute Gasteiger partial charge is 0.256 e. The lowest BCUT2D eigenvalue weighted by atomic mass is 8.28. The quantitative estimate of drug-likeness (QED) is 0.114.